The topological polar surface area (TPSA) is 29.3 Å². The van der Waals surface area contributed by atoms with E-state index in [-0.39, 0.29) is 0 Å². The number of hydrogen-bond donors (Lipinski definition) is 1. The fourth-order valence-electron chi connectivity index (χ4n) is 4.04. The minimum Gasteiger partial charge on any atom is -0.327 e. The first-order chi connectivity index (χ1) is 8.61. The highest BCUT2D eigenvalue weighted by atomic mass is 15.2. The highest BCUT2D eigenvalue weighted by molar-refractivity contribution is 4.88. The molecule has 0 radical (unpaired) electrons. The van der Waals surface area contributed by atoms with Crippen LogP contribution in [0.3, 0.4) is 0 Å². The molecule has 0 spiro atoms. The van der Waals surface area contributed by atoms with Gasteiger partial charge in [0.15, 0.2) is 0 Å². The van der Waals surface area contributed by atoms with Crippen LogP contribution in [0.15, 0.2) is 0 Å². The third-order valence-corrected chi connectivity index (χ3v) is 5.46. The lowest BCUT2D eigenvalue weighted by Gasteiger charge is -2.39. The van der Waals surface area contributed by atoms with E-state index < -0.39 is 0 Å². The fraction of sp³-hybridized carbons (Fsp3) is 1.00. The predicted molar refractivity (Wildman–Crippen MR) is 78.5 cm³/mol. The summed E-state index contributed by atoms with van der Waals surface area (Å²) in [7, 11) is 0. The normalized spacial score (nSPS) is 38.5. The van der Waals surface area contributed by atoms with Crippen LogP contribution in [-0.2, 0) is 0 Å². The standard InChI is InChI=1S/C16H32N2/c1-4-15-6-5-9-18(15)11-14-10-13(12(2)3)7-8-16(14)17/h12-16H,4-11,17H2,1-3H3. The Kier molecular flexibility index (Phi) is 5.08. The Bertz CT molecular complexity index is 251. The molecule has 1 saturated heterocycles. The van der Waals surface area contributed by atoms with Crippen molar-refractivity contribution in [1.29, 1.82) is 0 Å². The molecular weight excluding hydrogens is 220 g/mol. The number of nitrogens with zero attached hydrogens (tertiary/aromatic N) is 1. The SMILES string of the molecule is CCC1CCCN1CC1CC(C(C)C)CCC1N. The predicted octanol–water partition coefficient (Wildman–Crippen LogP) is 3.26. The maximum Gasteiger partial charge on any atom is 0.00932 e. The van der Waals surface area contributed by atoms with E-state index in [2.05, 4.69) is 25.7 Å². The van der Waals surface area contributed by atoms with Crippen LogP contribution in [0.4, 0.5) is 0 Å². The van der Waals surface area contributed by atoms with Gasteiger partial charge in [0, 0.05) is 18.6 Å². The third kappa shape index (κ3) is 3.27. The maximum absolute atomic E-state index is 6.38. The van der Waals surface area contributed by atoms with Gasteiger partial charge in [-0.15, -0.1) is 0 Å². The van der Waals surface area contributed by atoms with Crippen molar-refractivity contribution < 1.29 is 0 Å². The molecule has 0 aromatic carbocycles. The summed E-state index contributed by atoms with van der Waals surface area (Å²) in [5.41, 5.74) is 6.38. The van der Waals surface area contributed by atoms with Crippen molar-refractivity contribution in [3.8, 4) is 0 Å². The number of nitrogens with two attached hydrogens (primary N) is 1. The molecule has 2 heteroatoms. The summed E-state index contributed by atoms with van der Waals surface area (Å²) >= 11 is 0. The quantitative estimate of drug-likeness (QED) is 0.832. The smallest absolute Gasteiger partial charge is 0.00932 e. The van der Waals surface area contributed by atoms with E-state index in [1.54, 1.807) is 0 Å². The molecular formula is C16H32N2. The van der Waals surface area contributed by atoms with Crippen LogP contribution in [0.25, 0.3) is 0 Å². The molecule has 4 unspecified atom stereocenters. The maximum atomic E-state index is 6.38. The van der Waals surface area contributed by atoms with Gasteiger partial charge in [0.1, 0.15) is 0 Å². The lowest BCUT2D eigenvalue weighted by Crippen LogP contribution is -2.45. The number of rotatable bonds is 4. The van der Waals surface area contributed by atoms with Crippen LogP contribution in [0.2, 0.25) is 0 Å². The van der Waals surface area contributed by atoms with Crippen LogP contribution < -0.4 is 5.73 Å². The zero-order valence-corrected chi connectivity index (χ0v) is 12.6. The Morgan fingerprint density at radius 2 is 2.00 bits per heavy atom. The zero-order chi connectivity index (χ0) is 13.1. The van der Waals surface area contributed by atoms with Gasteiger partial charge in [-0.05, 0) is 62.8 Å². The van der Waals surface area contributed by atoms with Gasteiger partial charge in [-0.1, -0.05) is 20.8 Å². The van der Waals surface area contributed by atoms with E-state index in [1.807, 2.05) is 0 Å². The minimum atomic E-state index is 0.457. The summed E-state index contributed by atoms with van der Waals surface area (Å²) in [6.45, 7) is 9.67. The van der Waals surface area contributed by atoms with Crippen molar-refractivity contribution in [1.82, 2.24) is 4.90 Å². The average Bonchev–Trinajstić information content (AvgIpc) is 2.79. The second-order valence-electron chi connectivity index (χ2n) is 6.94. The summed E-state index contributed by atoms with van der Waals surface area (Å²) in [4.78, 5) is 2.73. The van der Waals surface area contributed by atoms with Crippen molar-refractivity contribution in [2.45, 2.75) is 71.4 Å². The molecule has 1 aliphatic heterocycles. The minimum absolute atomic E-state index is 0.457. The second kappa shape index (κ2) is 6.38. The van der Waals surface area contributed by atoms with Crippen molar-refractivity contribution in [3.05, 3.63) is 0 Å². The van der Waals surface area contributed by atoms with Crippen LogP contribution in [0.5, 0.6) is 0 Å². The molecule has 2 rings (SSSR count). The molecule has 2 fully saturated rings. The second-order valence-corrected chi connectivity index (χ2v) is 6.94. The first kappa shape index (κ1) is 14.3. The Labute approximate surface area is 113 Å². The Hall–Kier alpha value is -0.0800. The summed E-state index contributed by atoms with van der Waals surface area (Å²) in [6.07, 6.45) is 8.09. The van der Waals surface area contributed by atoms with Gasteiger partial charge in [0.2, 0.25) is 0 Å². The lowest BCUT2D eigenvalue weighted by molar-refractivity contribution is 0.128. The van der Waals surface area contributed by atoms with Crippen molar-refractivity contribution in [2.24, 2.45) is 23.5 Å². The molecule has 1 heterocycles. The molecule has 0 aromatic rings. The molecule has 2 aliphatic rings. The number of hydrogen-bond acceptors (Lipinski definition) is 2. The van der Waals surface area contributed by atoms with Crippen LogP contribution in [0.1, 0.15) is 59.3 Å². The Balaban J connectivity index is 1.90. The van der Waals surface area contributed by atoms with Gasteiger partial charge in [0.05, 0.1) is 0 Å². The largest absolute Gasteiger partial charge is 0.327 e. The van der Waals surface area contributed by atoms with Crippen LogP contribution in [-0.4, -0.2) is 30.1 Å². The molecule has 106 valence electrons. The zero-order valence-electron chi connectivity index (χ0n) is 12.6. The first-order valence-electron chi connectivity index (χ1n) is 8.11. The van der Waals surface area contributed by atoms with E-state index >= 15 is 0 Å². The van der Waals surface area contributed by atoms with E-state index in [4.69, 9.17) is 5.73 Å². The monoisotopic (exact) mass is 252 g/mol. The van der Waals surface area contributed by atoms with Crippen LogP contribution in [0, 0.1) is 17.8 Å². The van der Waals surface area contributed by atoms with Gasteiger partial charge in [-0.2, -0.15) is 0 Å². The van der Waals surface area contributed by atoms with E-state index in [0.29, 0.717) is 6.04 Å². The Morgan fingerprint density at radius 3 is 2.67 bits per heavy atom. The molecule has 2 nitrogen and oxygen atoms in total. The van der Waals surface area contributed by atoms with Gasteiger partial charge in [-0.3, -0.25) is 0 Å². The van der Waals surface area contributed by atoms with Gasteiger partial charge in [0.25, 0.3) is 0 Å². The summed E-state index contributed by atoms with van der Waals surface area (Å²) < 4.78 is 0. The van der Waals surface area contributed by atoms with Crippen molar-refractivity contribution in [2.75, 3.05) is 13.1 Å². The molecule has 4 atom stereocenters. The van der Waals surface area contributed by atoms with E-state index in [0.717, 1.165) is 23.8 Å². The van der Waals surface area contributed by atoms with Crippen LogP contribution >= 0.6 is 0 Å². The first-order valence-corrected chi connectivity index (χ1v) is 8.11. The molecule has 18 heavy (non-hydrogen) atoms. The molecule has 0 bridgehead atoms. The Morgan fingerprint density at radius 1 is 1.22 bits per heavy atom. The highest BCUT2D eigenvalue weighted by Crippen LogP contribution is 2.34. The highest BCUT2D eigenvalue weighted by Gasteiger charge is 2.33. The fourth-order valence-corrected chi connectivity index (χ4v) is 4.04. The molecule has 1 saturated carbocycles. The molecule has 0 amide bonds. The molecule has 0 aromatic heterocycles. The average molecular weight is 252 g/mol. The van der Waals surface area contributed by atoms with Crippen molar-refractivity contribution >= 4 is 0 Å². The van der Waals surface area contributed by atoms with E-state index in [1.165, 1.54) is 51.6 Å². The van der Waals surface area contributed by atoms with Gasteiger partial charge < -0.3 is 10.6 Å². The van der Waals surface area contributed by atoms with E-state index in [9.17, 15) is 0 Å². The van der Waals surface area contributed by atoms with Gasteiger partial charge >= 0.3 is 0 Å². The molecule has 1 aliphatic carbocycles. The molecule has 2 N–H and O–H groups in total. The van der Waals surface area contributed by atoms with Gasteiger partial charge in [-0.25, -0.2) is 0 Å². The summed E-state index contributed by atoms with van der Waals surface area (Å²) in [6, 6.07) is 1.30. The lowest BCUT2D eigenvalue weighted by atomic mass is 9.73. The number of likely N-dealkylation sites (tertiary alicyclic amines) is 1. The summed E-state index contributed by atoms with van der Waals surface area (Å²) in [5, 5.41) is 0. The van der Waals surface area contributed by atoms with Crippen molar-refractivity contribution in [3.63, 3.8) is 0 Å². The summed E-state index contributed by atoms with van der Waals surface area (Å²) in [5.74, 6) is 2.50. The third-order valence-electron chi connectivity index (χ3n) is 5.46.